The Morgan fingerprint density at radius 1 is 1.06 bits per heavy atom. The molecule has 0 spiro atoms. The van der Waals surface area contributed by atoms with E-state index in [1.807, 2.05) is 54.3 Å². The second-order valence-electron chi connectivity index (χ2n) is 7.10. The Morgan fingerprint density at radius 2 is 1.81 bits per heavy atom. The molecule has 0 radical (unpaired) electrons. The molecule has 31 heavy (non-hydrogen) atoms. The molecule has 0 saturated carbocycles. The first-order valence-corrected chi connectivity index (χ1v) is 10.4. The second kappa shape index (κ2) is 11.1. The molecular formula is C23H29N3O5. The minimum Gasteiger partial charge on any atom is -0.493 e. The third kappa shape index (κ3) is 6.04. The number of para-hydroxylation sites is 4. The van der Waals surface area contributed by atoms with Gasteiger partial charge in [-0.15, -0.1) is 0 Å². The number of nitrogens with one attached hydrogen (secondary N) is 2. The lowest BCUT2D eigenvalue weighted by Crippen LogP contribution is -2.51. The number of nitrogens with zero attached hydrogens (tertiary/aromatic N) is 1. The molecule has 8 nitrogen and oxygen atoms in total. The van der Waals surface area contributed by atoms with Crippen LogP contribution in [0.15, 0.2) is 48.5 Å². The zero-order chi connectivity index (χ0) is 22.1. The summed E-state index contributed by atoms with van der Waals surface area (Å²) < 4.78 is 16.8. The highest BCUT2D eigenvalue weighted by molar-refractivity contribution is 5.86. The molecule has 1 atom stereocenters. The number of carbonyl (C=O) groups excluding carboxylic acids is 2. The highest BCUT2D eigenvalue weighted by Crippen LogP contribution is 2.32. The van der Waals surface area contributed by atoms with Gasteiger partial charge >= 0.3 is 0 Å². The molecule has 2 aromatic rings. The average Bonchev–Trinajstić information content (AvgIpc) is 2.80. The first kappa shape index (κ1) is 22.3. The van der Waals surface area contributed by atoms with Crippen molar-refractivity contribution in [3.8, 4) is 17.2 Å². The number of methoxy groups -OCH3 is 1. The summed E-state index contributed by atoms with van der Waals surface area (Å²) in [5.41, 5.74) is 0.794. The van der Waals surface area contributed by atoms with Gasteiger partial charge in [-0.25, -0.2) is 0 Å². The Balaban J connectivity index is 1.53. The Bertz CT molecular complexity index is 889. The first-order valence-electron chi connectivity index (χ1n) is 10.4. The Kier molecular flexibility index (Phi) is 7.98. The highest BCUT2D eigenvalue weighted by atomic mass is 16.5. The molecule has 1 aliphatic rings. The minimum atomic E-state index is -0.664. The first-order chi connectivity index (χ1) is 15.1. The van der Waals surface area contributed by atoms with Crippen molar-refractivity contribution < 1.29 is 23.8 Å². The largest absolute Gasteiger partial charge is 0.493 e. The van der Waals surface area contributed by atoms with Crippen LogP contribution in [0.3, 0.4) is 0 Å². The van der Waals surface area contributed by atoms with E-state index in [1.54, 1.807) is 13.2 Å². The van der Waals surface area contributed by atoms with Gasteiger partial charge in [0.2, 0.25) is 5.91 Å². The molecular weight excluding hydrogens is 398 g/mol. The number of rotatable bonds is 10. The van der Waals surface area contributed by atoms with Gasteiger partial charge in [-0.3, -0.25) is 9.59 Å². The van der Waals surface area contributed by atoms with Gasteiger partial charge < -0.3 is 29.7 Å². The van der Waals surface area contributed by atoms with Crippen LogP contribution >= 0.6 is 0 Å². The van der Waals surface area contributed by atoms with Crippen LogP contribution in [-0.4, -0.2) is 57.8 Å². The molecule has 0 bridgehead atoms. The predicted octanol–water partition coefficient (Wildman–Crippen LogP) is 1.98. The predicted molar refractivity (Wildman–Crippen MR) is 118 cm³/mol. The number of ether oxygens (including phenoxy) is 3. The van der Waals surface area contributed by atoms with Crippen molar-refractivity contribution in [1.29, 1.82) is 0 Å². The van der Waals surface area contributed by atoms with Crippen LogP contribution in [0.5, 0.6) is 17.2 Å². The summed E-state index contributed by atoms with van der Waals surface area (Å²) in [5.74, 6) is 1.53. The number of hydrogen-bond acceptors (Lipinski definition) is 6. The van der Waals surface area contributed by atoms with Crippen LogP contribution in [0, 0.1) is 0 Å². The molecule has 2 N–H and O–H groups in total. The minimum absolute atomic E-state index is 0.118. The highest BCUT2D eigenvalue weighted by Gasteiger charge is 2.31. The number of benzene rings is 2. The molecule has 8 heteroatoms. The Hall–Kier alpha value is -3.42. The second-order valence-corrected chi connectivity index (χ2v) is 7.10. The number of carbonyl (C=O) groups is 2. The van der Waals surface area contributed by atoms with Crippen LogP contribution in [0.25, 0.3) is 0 Å². The van der Waals surface area contributed by atoms with Crippen molar-refractivity contribution in [3.05, 3.63) is 48.5 Å². The van der Waals surface area contributed by atoms with Crippen molar-refractivity contribution in [1.82, 2.24) is 10.6 Å². The van der Waals surface area contributed by atoms with Crippen LogP contribution in [0.1, 0.15) is 13.3 Å². The Labute approximate surface area is 182 Å². The molecule has 1 aliphatic heterocycles. The van der Waals surface area contributed by atoms with Gasteiger partial charge in [-0.1, -0.05) is 31.2 Å². The smallest absolute Gasteiger partial charge is 0.262 e. The summed E-state index contributed by atoms with van der Waals surface area (Å²) in [6, 6.07) is 14.8. The van der Waals surface area contributed by atoms with Gasteiger partial charge in [-0.05, 0) is 30.7 Å². The van der Waals surface area contributed by atoms with Gasteiger partial charge in [0.15, 0.2) is 17.6 Å². The monoisotopic (exact) mass is 427 g/mol. The van der Waals surface area contributed by atoms with E-state index in [0.29, 0.717) is 43.5 Å². The van der Waals surface area contributed by atoms with Gasteiger partial charge in [0, 0.05) is 6.54 Å². The van der Waals surface area contributed by atoms with E-state index in [1.165, 1.54) is 0 Å². The topological polar surface area (TPSA) is 89.1 Å². The standard InChI is InChI=1S/C23H29N3O5/c1-3-12-25-23(28)21-15-26(17-8-4-5-9-18(17)31-21)16-22(27)24-13-14-30-20-11-7-6-10-19(20)29-2/h4-11,21H,3,12-16H2,1-2H3,(H,24,27)(H,25,28)/t21-/m1/s1. The third-order valence-electron chi connectivity index (χ3n) is 4.79. The lowest BCUT2D eigenvalue weighted by Gasteiger charge is -2.35. The van der Waals surface area contributed by atoms with E-state index < -0.39 is 6.10 Å². The number of anilines is 1. The lowest BCUT2D eigenvalue weighted by atomic mass is 10.1. The third-order valence-corrected chi connectivity index (χ3v) is 4.79. The van der Waals surface area contributed by atoms with E-state index in [9.17, 15) is 9.59 Å². The quantitative estimate of drug-likeness (QED) is 0.564. The van der Waals surface area contributed by atoms with Gasteiger partial charge in [0.1, 0.15) is 12.4 Å². The van der Waals surface area contributed by atoms with E-state index in [0.717, 1.165) is 12.1 Å². The van der Waals surface area contributed by atoms with Crippen molar-refractivity contribution in [2.24, 2.45) is 0 Å². The summed E-state index contributed by atoms with van der Waals surface area (Å²) in [5, 5.41) is 5.71. The number of fused-ring (bicyclic) bond motifs is 1. The maximum atomic E-state index is 12.5. The molecule has 0 saturated heterocycles. The summed E-state index contributed by atoms with van der Waals surface area (Å²) in [6.45, 7) is 3.67. The summed E-state index contributed by atoms with van der Waals surface area (Å²) >= 11 is 0. The SMILES string of the molecule is CCCNC(=O)[C@H]1CN(CC(=O)NCCOc2ccccc2OC)c2ccccc2O1. The Morgan fingerprint density at radius 3 is 2.58 bits per heavy atom. The van der Waals surface area contributed by atoms with E-state index in [4.69, 9.17) is 14.2 Å². The lowest BCUT2D eigenvalue weighted by molar-refractivity contribution is -0.128. The van der Waals surface area contributed by atoms with E-state index in [-0.39, 0.29) is 18.4 Å². The van der Waals surface area contributed by atoms with Crippen molar-refractivity contribution in [3.63, 3.8) is 0 Å². The molecule has 0 aliphatic carbocycles. The summed E-state index contributed by atoms with van der Waals surface area (Å²) in [4.78, 5) is 26.8. The van der Waals surface area contributed by atoms with Gasteiger partial charge in [0.25, 0.3) is 5.91 Å². The fourth-order valence-corrected chi connectivity index (χ4v) is 3.27. The molecule has 1 heterocycles. The zero-order valence-electron chi connectivity index (χ0n) is 17.9. The van der Waals surface area contributed by atoms with Crippen LogP contribution in [0.2, 0.25) is 0 Å². The number of amides is 2. The molecule has 0 fully saturated rings. The fraction of sp³-hybridized carbons (Fsp3) is 0.391. The number of hydrogen-bond donors (Lipinski definition) is 2. The van der Waals surface area contributed by atoms with Crippen molar-refractivity contribution in [2.45, 2.75) is 19.4 Å². The average molecular weight is 428 g/mol. The van der Waals surface area contributed by atoms with Crippen LogP contribution in [-0.2, 0) is 9.59 Å². The summed E-state index contributed by atoms with van der Waals surface area (Å²) in [7, 11) is 1.58. The maximum Gasteiger partial charge on any atom is 0.262 e. The van der Waals surface area contributed by atoms with Crippen molar-refractivity contribution >= 4 is 17.5 Å². The molecule has 2 amide bonds. The zero-order valence-corrected chi connectivity index (χ0v) is 17.9. The van der Waals surface area contributed by atoms with Crippen LogP contribution in [0.4, 0.5) is 5.69 Å². The summed E-state index contributed by atoms with van der Waals surface area (Å²) in [6.07, 6.45) is 0.182. The van der Waals surface area contributed by atoms with Crippen molar-refractivity contribution in [2.75, 3.05) is 44.8 Å². The molecule has 0 unspecified atom stereocenters. The van der Waals surface area contributed by atoms with E-state index >= 15 is 0 Å². The fourth-order valence-electron chi connectivity index (χ4n) is 3.27. The molecule has 2 aromatic carbocycles. The van der Waals surface area contributed by atoms with Crippen LogP contribution < -0.4 is 29.7 Å². The normalized spacial score (nSPS) is 14.8. The molecule has 0 aromatic heterocycles. The maximum absolute atomic E-state index is 12.5. The van der Waals surface area contributed by atoms with Gasteiger partial charge in [-0.2, -0.15) is 0 Å². The molecule has 3 rings (SSSR count). The molecule has 166 valence electrons. The van der Waals surface area contributed by atoms with E-state index in [2.05, 4.69) is 10.6 Å². The van der Waals surface area contributed by atoms with Gasteiger partial charge in [0.05, 0.1) is 32.4 Å².